The summed E-state index contributed by atoms with van der Waals surface area (Å²) in [5.74, 6) is -0.0691. The Labute approximate surface area is 107 Å². The van der Waals surface area contributed by atoms with E-state index in [2.05, 4.69) is 0 Å². The second-order valence-electron chi connectivity index (χ2n) is 4.58. The van der Waals surface area contributed by atoms with Crippen LogP contribution in [0.2, 0.25) is 0 Å². The average molecular weight is 268 g/mol. The minimum Gasteiger partial charge on any atom is -0.399 e. The van der Waals surface area contributed by atoms with Crippen LogP contribution in [0.1, 0.15) is 15.9 Å². The second kappa shape index (κ2) is 4.61. The smallest absolute Gasteiger partial charge is 0.253 e. The van der Waals surface area contributed by atoms with E-state index >= 15 is 0 Å². The Morgan fingerprint density at radius 1 is 1.22 bits per heavy atom. The molecule has 6 heteroatoms. The predicted octanol–water partition coefficient (Wildman–Crippen LogP) is 0.448. The van der Waals surface area contributed by atoms with Gasteiger partial charge in [-0.2, -0.15) is 0 Å². The first-order valence-electron chi connectivity index (χ1n) is 5.74. The molecule has 0 aromatic heterocycles. The number of hydrogen-bond donors (Lipinski definition) is 1. The highest BCUT2D eigenvalue weighted by Gasteiger charge is 2.25. The zero-order valence-electron chi connectivity index (χ0n) is 10.2. The van der Waals surface area contributed by atoms with E-state index in [1.54, 1.807) is 23.1 Å². The van der Waals surface area contributed by atoms with Crippen molar-refractivity contribution in [2.24, 2.45) is 0 Å². The highest BCUT2D eigenvalue weighted by molar-refractivity contribution is 7.91. The highest BCUT2D eigenvalue weighted by Crippen LogP contribution is 2.15. The number of carbonyl (C=O) groups is 1. The summed E-state index contributed by atoms with van der Waals surface area (Å²) < 4.78 is 22.6. The van der Waals surface area contributed by atoms with E-state index in [1.165, 1.54) is 0 Å². The number of aryl methyl sites for hydroxylation is 1. The number of nitrogens with two attached hydrogens (primary N) is 1. The van der Waals surface area contributed by atoms with Crippen molar-refractivity contribution < 1.29 is 13.2 Å². The standard InChI is InChI=1S/C12H16N2O3S/c1-9-6-10(8-11(13)7-9)12(15)14-2-4-18(16,17)5-3-14/h6-8H,2-5,13H2,1H3. The van der Waals surface area contributed by atoms with Gasteiger partial charge in [0.1, 0.15) is 0 Å². The fourth-order valence-electron chi connectivity index (χ4n) is 2.03. The molecule has 1 amide bonds. The number of carbonyl (C=O) groups excluding carboxylic acids is 1. The van der Waals surface area contributed by atoms with Gasteiger partial charge in [0.25, 0.3) is 5.91 Å². The van der Waals surface area contributed by atoms with E-state index in [0.717, 1.165) is 5.56 Å². The molecule has 0 saturated carbocycles. The van der Waals surface area contributed by atoms with Gasteiger partial charge in [-0.25, -0.2) is 8.42 Å². The van der Waals surface area contributed by atoms with Crippen molar-refractivity contribution in [3.8, 4) is 0 Å². The summed E-state index contributed by atoms with van der Waals surface area (Å²) in [5.41, 5.74) is 7.69. The van der Waals surface area contributed by atoms with Gasteiger partial charge in [0.15, 0.2) is 9.84 Å². The van der Waals surface area contributed by atoms with Crippen LogP contribution in [0.3, 0.4) is 0 Å². The van der Waals surface area contributed by atoms with Crippen LogP contribution < -0.4 is 5.73 Å². The Hall–Kier alpha value is -1.56. The summed E-state index contributed by atoms with van der Waals surface area (Å²) in [6.45, 7) is 2.39. The summed E-state index contributed by atoms with van der Waals surface area (Å²) in [6, 6.07) is 5.18. The van der Waals surface area contributed by atoms with Crippen molar-refractivity contribution in [1.82, 2.24) is 4.90 Å². The van der Waals surface area contributed by atoms with Crippen LogP contribution in [0.5, 0.6) is 0 Å². The van der Waals surface area contributed by atoms with Gasteiger partial charge in [0.2, 0.25) is 0 Å². The Kier molecular flexibility index (Phi) is 3.30. The molecule has 0 spiro atoms. The van der Waals surface area contributed by atoms with E-state index in [9.17, 15) is 13.2 Å². The van der Waals surface area contributed by atoms with Gasteiger partial charge in [-0.05, 0) is 30.7 Å². The van der Waals surface area contributed by atoms with Crippen LogP contribution in [-0.4, -0.2) is 43.8 Å². The topological polar surface area (TPSA) is 80.5 Å². The number of anilines is 1. The molecule has 1 aromatic rings. The normalized spacial score (nSPS) is 18.6. The van der Waals surface area contributed by atoms with Gasteiger partial charge >= 0.3 is 0 Å². The largest absolute Gasteiger partial charge is 0.399 e. The fraction of sp³-hybridized carbons (Fsp3) is 0.417. The van der Waals surface area contributed by atoms with Crippen molar-refractivity contribution in [2.75, 3.05) is 30.3 Å². The van der Waals surface area contributed by atoms with Gasteiger partial charge < -0.3 is 10.6 Å². The van der Waals surface area contributed by atoms with Crippen molar-refractivity contribution in [2.45, 2.75) is 6.92 Å². The molecular formula is C12H16N2O3S. The van der Waals surface area contributed by atoms with E-state index in [1.807, 2.05) is 6.92 Å². The summed E-state index contributed by atoms with van der Waals surface area (Å²) in [5, 5.41) is 0. The number of amides is 1. The monoisotopic (exact) mass is 268 g/mol. The maximum absolute atomic E-state index is 12.2. The fourth-order valence-corrected chi connectivity index (χ4v) is 3.24. The number of rotatable bonds is 1. The Morgan fingerprint density at radius 3 is 2.39 bits per heavy atom. The van der Waals surface area contributed by atoms with Crippen LogP contribution in [-0.2, 0) is 9.84 Å². The number of sulfone groups is 1. The first kappa shape index (κ1) is 12.9. The minimum absolute atomic E-state index is 0.0417. The highest BCUT2D eigenvalue weighted by atomic mass is 32.2. The van der Waals surface area contributed by atoms with E-state index in [4.69, 9.17) is 5.73 Å². The van der Waals surface area contributed by atoms with Crippen molar-refractivity contribution in [1.29, 1.82) is 0 Å². The molecular weight excluding hydrogens is 252 g/mol. The molecule has 0 unspecified atom stereocenters. The van der Waals surface area contributed by atoms with E-state index in [-0.39, 0.29) is 30.5 Å². The lowest BCUT2D eigenvalue weighted by Crippen LogP contribution is -2.43. The van der Waals surface area contributed by atoms with Gasteiger partial charge in [-0.15, -0.1) is 0 Å². The molecule has 0 atom stereocenters. The number of nitrogens with zero attached hydrogens (tertiary/aromatic N) is 1. The lowest BCUT2D eigenvalue weighted by molar-refractivity contribution is 0.0770. The lowest BCUT2D eigenvalue weighted by atomic mass is 10.1. The summed E-state index contributed by atoms with van der Waals surface area (Å²) in [7, 11) is -2.97. The lowest BCUT2D eigenvalue weighted by Gasteiger charge is -2.27. The maximum Gasteiger partial charge on any atom is 0.253 e. The Balaban J connectivity index is 2.17. The van der Waals surface area contributed by atoms with Crippen LogP contribution in [0.25, 0.3) is 0 Å². The second-order valence-corrected chi connectivity index (χ2v) is 6.88. The summed E-state index contributed by atoms with van der Waals surface area (Å²) in [4.78, 5) is 13.8. The van der Waals surface area contributed by atoms with Crippen molar-refractivity contribution >= 4 is 21.4 Å². The van der Waals surface area contributed by atoms with Crippen molar-refractivity contribution in [3.05, 3.63) is 29.3 Å². The molecule has 2 N–H and O–H groups in total. The zero-order valence-corrected chi connectivity index (χ0v) is 11.0. The van der Waals surface area contributed by atoms with E-state index < -0.39 is 9.84 Å². The molecule has 2 rings (SSSR count). The third kappa shape index (κ3) is 2.81. The van der Waals surface area contributed by atoms with Gasteiger partial charge in [0, 0.05) is 24.3 Å². The van der Waals surface area contributed by atoms with Crippen LogP contribution >= 0.6 is 0 Å². The molecule has 1 saturated heterocycles. The zero-order chi connectivity index (χ0) is 13.3. The Bertz CT molecular complexity index is 547. The number of nitrogen functional groups attached to an aromatic ring is 1. The first-order valence-corrected chi connectivity index (χ1v) is 7.56. The average Bonchev–Trinajstić information content (AvgIpc) is 2.27. The predicted molar refractivity (Wildman–Crippen MR) is 70.1 cm³/mol. The molecule has 0 aliphatic carbocycles. The third-order valence-corrected chi connectivity index (χ3v) is 4.59. The molecule has 1 aliphatic heterocycles. The SMILES string of the molecule is Cc1cc(N)cc(C(=O)N2CCS(=O)(=O)CC2)c1. The van der Waals surface area contributed by atoms with Crippen molar-refractivity contribution in [3.63, 3.8) is 0 Å². The van der Waals surface area contributed by atoms with E-state index in [0.29, 0.717) is 11.3 Å². The molecule has 1 aromatic carbocycles. The maximum atomic E-state index is 12.2. The minimum atomic E-state index is -2.97. The molecule has 5 nitrogen and oxygen atoms in total. The van der Waals surface area contributed by atoms with Crippen LogP contribution in [0.4, 0.5) is 5.69 Å². The molecule has 0 bridgehead atoms. The molecule has 98 valence electrons. The van der Waals surface area contributed by atoms with Gasteiger partial charge in [0.05, 0.1) is 11.5 Å². The molecule has 0 radical (unpaired) electrons. The quantitative estimate of drug-likeness (QED) is 0.750. The molecule has 1 heterocycles. The Morgan fingerprint density at radius 2 is 1.83 bits per heavy atom. The number of benzene rings is 1. The van der Waals surface area contributed by atoms with Gasteiger partial charge in [-0.3, -0.25) is 4.79 Å². The third-order valence-electron chi connectivity index (χ3n) is 2.98. The molecule has 1 fully saturated rings. The van der Waals surface area contributed by atoms with Gasteiger partial charge in [-0.1, -0.05) is 0 Å². The molecule has 18 heavy (non-hydrogen) atoms. The first-order chi connectivity index (χ1) is 8.37. The summed E-state index contributed by atoms with van der Waals surface area (Å²) >= 11 is 0. The molecule has 1 aliphatic rings. The van der Waals surface area contributed by atoms with Crippen LogP contribution in [0.15, 0.2) is 18.2 Å². The number of hydrogen-bond acceptors (Lipinski definition) is 4. The van der Waals surface area contributed by atoms with Crippen LogP contribution in [0, 0.1) is 6.92 Å². The summed E-state index contributed by atoms with van der Waals surface area (Å²) in [6.07, 6.45) is 0.